The number of aliphatic carboxylic acids is 1. The van der Waals surface area contributed by atoms with Gasteiger partial charge in [0.15, 0.2) is 0 Å². The fourth-order valence-electron chi connectivity index (χ4n) is 5.67. The third-order valence-electron chi connectivity index (χ3n) is 7.57. The van der Waals surface area contributed by atoms with E-state index < -0.39 is 23.9 Å². The summed E-state index contributed by atoms with van der Waals surface area (Å²) < 4.78 is 6.66. The zero-order chi connectivity index (χ0) is 28.1. The van der Waals surface area contributed by atoms with E-state index in [-0.39, 0.29) is 12.5 Å². The van der Waals surface area contributed by atoms with Crippen molar-refractivity contribution in [3.05, 3.63) is 125 Å². The lowest BCUT2D eigenvalue weighted by atomic mass is 9.87. The normalized spacial score (nSPS) is 15.0. The second-order valence-electron chi connectivity index (χ2n) is 10.1. The van der Waals surface area contributed by atoms with Crippen LogP contribution in [0.4, 0.5) is 5.69 Å². The molecule has 5 rings (SSSR count). The molecule has 40 heavy (non-hydrogen) atoms. The fraction of sp³-hybridized carbons (Fsp3) is 0.235. The lowest BCUT2D eigenvalue weighted by molar-refractivity contribution is -0.154. The van der Waals surface area contributed by atoms with Crippen LogP contribution in [0.2, 0.25) is 0 Å². The number of anilines is 1. The highest BCUT2D eigenvalue weighted by molar-refractivity contribution is 14.1. The predicted octanol–water partition coefficient (Wildman–Crippen LogP) is 7.31. The van der Waals surface area contributed by atoms with Crippen molar-refractivity contribution in [1.82, 2.24) is 0 Å². The molecule has 0 aliphatic heterocycles. The second kappa shape index (κ2) is 12.7. The zero-order valence-corrected chi connectivity index (χ0v) is 24.5. The van der Waals surface area contributed by atoms with Crippen LogP contribution in [0.3, 0.4) is 0 Å². The van der Waals surface area contributed by atoms with E-state index >= 15 is 0 Å². The van der Waals surface area contributed by atoms with Gasteiger partial charge in [0.25, 0.3) is 0 Å². The molecular formula is C34H32INO4. The molecule has 0 saturated heterocycles. The molecule has 1 N–H and O–H groups in total. The Hall–Kier alpha value is -3.65. The summed E-state index contributed by atoms with van der Waals surface area (Å²) in [7, 11) is 0. The van der Waals surface area contributed by atoms with Crippen LogP contribution in [0.25, 0.3) is 11.1 Å². The minimum Gasteiger partial charge on any atom is -0.481 e. The molecular weight excluding hydrogens is 613 g/mol. The molecule has 6 heteroatoms. The number of carboxylic acids is 1. The maximum Gasteiger partial charge on any atom is 0.329 e. The summed E-state index contributed by atoms with van der Waals surface area (Å²) in [6.07, 6.45) is 0.794. The summed E-state index contributed by atoms with van der Waals surface area (Å²) in [4.78, 5) is 28.2. The molecule has 0 heterocycles. The van der Waals surface area contributed by atoms with E-state index in [1.807, 2.05) is 71.6 Å². The van der Waals surface area contributed by atoms with Crippen molar-refractivity contribution in [2.24, 2.45) is 5.92 Å². The number of carbonyl (C=O) groups is 2. The Morgan fingerprint density at radius 1 is 0.875 bits per heavy atom. The maximum atomic E-state index is 13.8. The van der Waals surface area contributed by atoms with Crippen molar-refractivity contribution in [2.45, 2.75) is 31.9 Å². The van der Waals surface area contributed by atoms with Crippen molar-refractivity contribution in [3.63, 3.8) is 0 Å². The fourth-order valence-corrected chi connectivity index (χ4v) is 6.01. The van der Waals surface area contributed by atoms with Gasteiger partial charge >= 0.3 is 11.9 Å². The SMILES string of the molecule is CC(C(=O)O)[C@@H](C(=O)OCc1ccccc1)N(CCCI)c1cccc2c1C(c1ccccc1)c1ccccc1-2. The van der Waals surface area contributed by atoms with E-state index in [4.69, 9.17) is 4.74 Å². The Kier molecular flexibility index (Phi) is 8.85. The summed E-state index contributed by atoms with van der Waals surface area (Å²) in [5, 5.41) is 10.1. The minimum absolute atomic E-state index is 0.0353. The lowest BCUT2D eigenvalue weighted by Gasteiger charge is -2.36. The van der Waals surface area contributed by atoms with Crippen LogP contribution in [0.5, 0.6) is 0 Å². The van der Waals surface area contributed by atoms with Gasteiger partial charge in [-0.05, 0) is 52.8 Å². The van der Waals surface area contributed by atoms with Crippen LogP contribution in [0.1, 0.15) is 41.5 Å². The van der Waals surface area contributed by atoms with Crippen LogP contribution in [-0.2, 0) is 20.9 Å². The van der Waals surface area contributed by atoms with Gasteiger partial charge in [-0.2, -0.15) is 0 Å². The van der Waals surface area contributed by atoms with E-state index in [1.165, 1.54) is 5.56 Å². The standard InChI is InChI=1S/C34H32INO4/c1-23(33(37)38)32(34(39)40-22-24-12-4-2-5-13-24)36(21-11-20-35)29-19-10-18-28-26-16-8-9-17-27(26)30(31(28)29)25-14-6-3-7-15-25/h2-10,12-19,23,30,32H,11,20-22H2,1H3,(H,37,38)/t23?,30?,32-/m0/s1. The number of esters is 1. The van der Waals surface area contributed by atoms with Gasteiger partial charge in [-0.3, -0.25) is 4.79 Å². The molecule has 5 nitrogen and oxygen atoms in total. The van der Waals surface area contributed by atoms with Gasteiger partial charge in [-0.1, -0.05) is 120 Å². The highest BCUT2D eigenvalue weighted by Gasteiger charge is 2.40. The van der Waals surface area contributed by atoms with Gasteiger partial charge in [0, 0.05) is 22.6 Å². The zero-order valence-electron chi connectivity index (χ0n) is 22.4. The number of hydrogen-bond donors (Lipinski definition) is 1. The molecule has 0 aromatic heterocycles. The highest BCUT2D eigenvalue weighted by atomic mass is 127. The van der Waals surface area contributed by atoms with Crippen LogP contribution < -0.4 is 4.90 Å². The Balaban J connectivity index is 1.63. The number of rotatable bonds is 11. The number of nitrogens with zero attached hydrogens (tertiary/aromatic N) is 1. The van der Waals surface area contributed by atoms with Crippen LogP contribution >= 0.6 is 22.6 Å². The highest BCUT2D eigenvalue weighted by Crippen LogP contribution is 2.52. The third-order valence-corrected chi connectivity index (χ3v) is 8.34. The molecule has 0 bridgehead atoms. The molecule has 2 unspecified atom stereocenters. The first kappa shape index (κ1) is 27.9. The average molecular weight is 646 g/mol. The topological polar surface area (TPSA) is 66.8 Å². The molecule has 0 amide bonds. The van der Waals surface area contributed by atoms with E-state index in [0.29, 0.717) is 6.54 Å². The Bertz CT molecular complexity index is 1470. The first-order chi connectivity index (χ1) is 19.5. The van der Waals surface area contributed by atoms with Gasteiger partial charge in [-0.25, -0.2) is 4.79 Å². The van der Waals surface area contributed by atoms with E-state index in [1.54, 1.807) is 6.92 Å². The summed E-state index contributed by atoms with van der Waals surface area (Å²) in [5.74, 6) is -2.58. The number of alkyl halides is 1. The van der Waals surface area contributed by atoms with Gasteiger partial charge in [0.1, 0.15) is 12.6 Å². The van der Waals surface area contributed by atoms with Crippen molar-refractivity contribution in [2.75, 3.05) is 15.9 Å². The summed E-state index contributed by atoms with van der Waals surface area (Å²) in [6, 6.07) is 33.4. The quantitative estimate of drug-likeness (QED) is 0.0928. The summed E-state index contributed by atoms with van der Waals surface area (Å²) >= 11 is 2.33. The third kappa shape index (κ3) is 5.63. The predicted molar refractivity (Wildman–Crippen MR) is 167 cm³/mol. The molecule has 1 aliphatic rings. The Labute approximate surface area is 248 Å². The van der Waals surface area contributed by atoms with Crippen molar-refractivity contribution < 1.29 is 19.4 Å². The number of fused-ring (bicyclic) bond motifs is 3. The molecule has 0 saturated carbocycles. The molecule has 0 fully saturated rings. The van der Waals surface area contributed by atoms with Gasteiger partial charge in [0.05, 0.1) is 5.92 Å². The first-order valence-corrected chi connectivity index (χ1v) is 15.1. The summed E-state index contributed by atoms with van der Waals surface area (Å²) in [6.45, 7) is 2.22. The number of ether oxygens (including phenoxy) is 1. The van der Waals surface area contributed by atoms with Crippen molar-refractivity contribution in [1.29, 1.82) is 0 Å². The van der Waals surface area contributed by atoms with Crippen molar-refractivity contribution in [3.8, 4) is 11.1 Å². The van der Waals surface area contributed by atoms with E-state index in [2.05, 4.69) is 59.0 Å². The monoisotopic (exact) mass is 645 g/mol. The number of benzene rings is 4. The first-order valence-electron chi connectivity index (χ1n) is 13.5. The van der Waals surface area contributed by atoms with Crippen LogP contribution in [-0.4, -0.2) is 34.1 Å². The Morgan fingerprint density at radius 3 is 2.23 bits per heavy atom. The molecule has 4 aromatic rings. The van der Waals surface area contributed by atoms with Gasteiger partial charge in [0.2, 0.25) is 0 Å². The summed E-state index contributed by atoms with van der Waals surface area (Å²) in [5.41, 5.74) is 7.47. The molecule has 0 radical (unpaired) electrons. The molecule has 0 spiro atoms. The minimum atomic E-state index is -1.03. The van der Waals surface area contributed by atoms with Crippen LogP contribution in [0.15, 0.2) is 103 Å². The van der Waals surface area contributed by atoms with Crippen LogP contribution in [0, 0.1) is 5.92 Å². The largest absolute Gasteiger partial charge is 0.481 e. The number of carboxylic acid groups (broad SMARTS) is 1. The van der Waals surface area contributed by atoms with E-state index in [0.717, 1.165) is 44.4 Å². The van der Waals surface area contributed by atoms with E-state index in [9.17, 15) is 14.7 Å². The average Bonchev–Trinajstić information content (AvgIpc) is 3.33. The number of carbonyl (C=O) groups excluding carboxylic acids is 1. The smallest absolute Gasteiger partial charge is 0.329 e. The van der Waals surface area contributed by atoms with Crippen molar-refractivity contribution >= 4 is 40.2 Å². The maximum absolute atomic E-state index is 13.8. The van der Waals surface area contributed by atoms with Gasteiger partial charge in [-0.15, -0.1) is 0 Å². The Morgan fingerprint density at radius 2 is 1.52 bits per heavy atom. The molecule has 1 aliphatic carbocycles. The number of halogens is 1. The van der Waals surface area contributed by atoms with Gasteiger partial charge < -0.3 is 14.7 Å². The lowest BCUT2D eigenvalue weighted by Crippen LogP contribution is -2.49. The second-order valence-corrected chi connectivity index (χ2v) is 11.1. The molecule has 204 valence electrons. The molecule has 4 aromatic carbocycles. The number of hydrogen-bond acceptors (Lipinski definition) is 4. The molecule has 3 atom stereocenters.